The van der Waals surface area contributed by atoms with Crippen LogP contribution in [0.15, 0.2) is 128 Å². The highest BCUT2D eigenvalue weighted by Crippen LogP contribution is 2.27. The van der Waals surface area contributed by atoms with E-state index in [0.29, 0.717) is 73.2 Å². The Kier molecular flexibility index (Phi) is 49.1. The van der Waals surface area contributed by atoms with Gasteiger partial charge in [-0.15, -0.1) is 0 Å². The van der Waals surface area contributed by atoms with Gasteiger partial charge in [0, 0.05) is 73.1 Å². The number of hydrogen-bond donors (Lipinski definition) is 0. The van der Waals surface area contributed by atoms with Crippen LogP contribution in [-0.2, 0) is 47.9 Å². The summed E-state index contributed by atoms with van der Waals surface area (Å²) >= 11 is 0. The second kappa shape index (κ2) is 60.4. The minimum Gasteiger partial charge on any atom is -0.462 e. The van der Waals surface area contributed by atoms with Gasteiger partial charge in [0.1, 0.15) is 17.2 Å². The van der Waals surface area contributed by atoms with Crippen molar-refractivity contribution in [2.24, 2.45) is 0 Å². The first-order valence-corrected chi connectivity index (χ1v) is 45.5. The van der Waals surface area contributed by atoms with Gasteiger partial charge in [0.25, 0.3) is 0 Å². The fourth-order valence-electron chi connectivity index (χ4n) is 14.3. The molecule has 0 aliphatic rings. The van der Waals surface area contributed by atoms with Crippen LogP contribution >= 0.6 is 0 Å². The monoisotopic (exact) mass is 1600 g/mol. The third-order valence-electron chi connectivity index (χ3n) is 21.5. The van der Waals surface area contributed by atoms with Crippen molar-refractivity contribution >= 4 is 35.8 Å². The Labute approximate surface area is 700 Å². The van der Waals surface area contributed by atoms with Crippen molar-refractivity contribution in [1.82, 2.24) is 29.9 Å². The predicted octanol–water partition coefficient (Wildman–Crippen LogP) is 25.8. The molecular formula is C99H138N6O12. The predicted molar refractivity (Wildman–Crippen MR) is 466 cm³/mol. The average Bonchev–Trinajstić information content (AvgIpc) is 0.813. The third-order valence-corrected chi connectivity index (χ3v) is 21.5. The molecular weight excluding hydrogens is 1470 g/mol. The zero-order valence-electron chi connectivity index (χ0n) is 71.4. The van der Waals surface area contributed by atoms with Gasteiger partial charge in [-0.2, -0.15) is 0 Å². The molecule has 0 N–H and O–H groups in total. The van der Waals surface area contributed by atoms with Gasteiger partial charge in [-0.1, -0.05) is 252 Å². The highest BCUT2D eigenvalue weighted by Gasteiger charge is 2.21. The maximum Gasteiger partial charge on any atom is 0.338 e. The highest BCUT2D eigenvalue weighted by atomic mass is 16.6. The Morgan fingerprint density at radius 1 is 0.239 bits per heavy atom. The van der Waals surface area contributed by atoms with Crippen molar-refractivity contribution in [1.29, 1.82) is 0 Å². The summed E-state index contributed by atoms with van der Waals surface area (Å²) in [5.41, 5.74) is 6.37. The Bertz CT molecular complexity index is 3440. The first-order chi connectivity index (χ1) is 57.5. The number of benzene rings is 4. The minimum absolute atomic E-state index is 0.0882. The molecule has 636 valence electrons. The normalized spacial score (nSPS) is 11.2. The molecule has 0 saturated heterocycles. The van der Waals surface area contributed by atoms with Crippen LogP contribution in [0.2, 0.25) is 0 Å². The van der Waals surface area contributed by atoms with Crippen molar-refractivity contribution in [3.63, 3.8) is 0 Å². The summed E-state index contributed by atoms with van der Waals surface area (Å²) in [7, 11) is 0. The molecule has 0 bridgehead atoms. The van der Waals surface area contributed by atoms with E-state index in [1.807, 2.05) is 73.6 Å². The van der Waals surface area contributed by atoms with Crippen molar-refractivity contribution < 1.29 is 57.2 Å². The van der Waals surface area contributed by atoms with Gasteiger partial charge in [0.05, 0.1) is 36.5 Å². The van der Waals surface area contributed by atoms with Gasteiger partial charge in [0.15, 0.2) is 17.5 Å². The molecule has 0 amide bonds. The number of esters is 6. The number of hydrogen-bond acceptors (Lipinski definition) is 18. The van der Waals surface area contributed by atoms with Gasteiger partial charge in [-0.05, 0) is 185 Å². The van der Waals surface area contributed by atoms with E-state index in [4.69, 9.17) is 28.4 Å². The first-order valence-electron chi connectivity index (χ1n) is 45.5. The Balaban J connectivity index is 0.735. The maximum absolute atomic E-state index is 13.6. The molecule has 0 aliphatic heterocycles. The first kappa shape index (κ1) is 95.1. The SMILES string of the molecule is CCCCCCCCc1cnc(-c2ccc(OC(=O)CCCCCCCCCCCOC(=O)c3cc(C(=O)OCCCCCCCCCCCC(=O)Oc4ccc(-c5ncc(CCCCCCCC)cn5)cc4)cc(C(=O)OCCCCCCCCCCCC(=O)Oc4ccc(-c5ncc(CCCCCCCC)cn5)cc4)c3)cc2)nc1. The fraction of sp³-hybridized carbons (Fsp3) is 0.576. The van der Waals surface area contributed by atoms with Gasteiger partial charge < -0.3 is 28.4 Å². The zero-order valence-corrected chi connectivity index (χ0v) is 71.4. The molecule has 3 heterocycles. The lowest BCUT2D eigenvalue weighted by Gasteiger charge is -2.11. The largest absolute Gasteiger partial charge is 0.462 e. The van der Waals surface area contributed by atoms with Crippen LogP contribution in [0.3, 0.4) is 0 Å². The topological polar surface area (TPSA) is 235 Å². The van der Waals surface area contributed by atoms with E-state index in [9.17, 15) is 28.8 Å². The number of carbonyl (C=O) groups excluding carboxylic acids is 6. The molecule has 4 aromatic carbocycles. The summed E-state index contributed by atoms with van der Waals surface area (Å²) in [5, 5.41) is 0. The molecule has 7 aromatic rings. The van der Waals surface area contributed by atoms with Crippen LogP contribution in [0.25, 0.3) is 34.2 Å². The number of nitrogens with zero attached hydrogens (tertiary/aromatic N) is 6. The van der Waals surface area contributed by atoms with E-state index in [2.05, 4.69) is 50.7 Å². The van der Waals surface area contributed by atoms with Crippen LogP contribution in [-0.4, -0.2) is 85.5 Å². The number of ether oxygens (including phenoxy) is 6. The molecule has 0 atom stereocenters. The summed E-state index contributed by atoms with van der Waals surface area (Å²) < 4.78 is 34.0. The van der Waals surface area contributed by atoms with E-state index in [1.165, 1.54) is 115 Å². The van der Waals surface area contributed by atoms with E-state index in [-0.39, 0.29) is 54.4 Å². The smallest absolute Gasteiger partial charge is 0.338 e. The summed E-state index contributed by atoms with van der Waals surface area (Å²) in [4.78, 5) is 106. The van der Waals surface area contributed by atoms with Crippen molar-refractivity contribution in [2.45, 2.75) is 348 Å². The summed E-state index contributed by atoms with van der Waals surface area (Å²) in [6.45, 7) is 7.32. The van der Waals surface area contributed by atoms with Gasteiger partial charge in [-0.3, -0.25) is 14.4 Å². The molecule has 18 heteroatoms. The van der Waals surface area contributed by atoms with E-state index in [1.54, 1.807) is 36.4 Å². The Morgan fingerprint density at radius 2 is 0.436 bits per heavy atom. The van der Waals surface area contributed by atoms with E-state index >= 15 is 0 Å². The van der Waals surface area contributed by atoms with Crippen LogP contribution < -0.4 is 14.2 Å². The van der Waals surface area contributed by atoms with Gasteiger partial charge in [-0.25, -0.2) is 44.3 Å². The number of aryl methyl sites for hydroxylation is 3. The number of aromatic nitrogens is 6. The lowest BCUT2D eigenvalue weighted by molar-refractivity contribution is -0.135. The molecule has 0 unspecified atom stereocenters. The van der Waals surface area contributed by atoms with Gasteiger partial charge >= 0.3 is 35.8 Å². The Morgan fingerprint density at radius 3 is 0.658 bits per heavy atom. The highest BCUT2D eigenvalue weighted by molar-refractivity contribution is 6.00. The van der Waals surface area contributed by atoms with E-state index < -0.39 is 17.9 Å². The fourth-order valence-corrected chi connectivity index (χ4v) is 14.3. The molecule has 0 aliphatic carbocycles. The summed E-state index contributed by atoms with van der Waals surface area (Å²) in [5.74, 6) is 0.947. The molecule has 7 rings (SSSR count). The lowest BCUT2D eigenvalue weighted by Crippen LogP contribution is -2.14. The van der Waals surface area contributed by atoms with Crippen LogP contribution in [0, 0.1) is 0 Å². The molecule has 117 heavy (non-hydrogen) atoms. The lowest BCUT2D eigenvalue weighted by atomic mass is 10.1. The van der Waals surface area contributed by atoms with Crippen LogP contribution in [0.4, 0.5) is 0 Å². The molecule has 3 aromatic heterocycles. The minimum atomic E-state index is -0.621. The van der Waals surface area contributed by atoms with Gasteiger partial charge in [0.2, 0.25) is 0 Å². The quantitative estimate of drug-likeness (QED) is 0.0149. The second-order valence-corrected chi connectivity index (χ2v) is 31.8. The zero-order chi connectivity index (χ0) is 82.6. The molecule has 0 spiro atoms. The third kappa shape index (κ3) is 41.8. The van der Waals surface area contributed by atoms with E-state index in [0.717, 1.165) is 226 Å². The van der Waals surface area contributed by atoms with Crippen molar-refractivity contribution in [3.05, 3.63) is 162 Å². The molecule has 0 radical (unpaired) electrons. The second-order valence-electron chi connectivity index (χ2n) is 31.8. The average molecular weight is 1600 g/mol. The molecule has 18 nitrogen and oxygen atoms in total. The van der Waals surface area contributed by atoms with Crippen molar-refractivity contribution in [2.75, 3.05) is 19.8 Å². The molecule has 0 fully saturated rings. The number of unbranched alkanes of at least 4 members (excludes halogenated alkanes) is 39. The van der Waals surface area contributed by atoms with Crippen molar-refractivity contribution in [3.8, 4) is 51.4 Å². The summed E-state index contributed by atoms with van der Waals surface area (Å²) in [6, 6.07) is 26.4. The number of rotatable bonds is 66. The maximum atomic E-state index is 13.6. The standard InChI is InChI=1S/C99H138N6O12/c1-4-7-10-13-31-40-49-79-73-100-94(101-74-79)82-55-61-88(62-56-82)115-91(106)52-43-34-25-19-16-22-28-37-46-67-112-97(109)85-70-86(98(110)113-68-47-38-29-23-17-20-26-35-44-53-92(107)116-89-63-57-83(58-64-89)95-102-75-80(76-103-95)50-41-32-14-11-8-5-2)72-87(71-85)99(111)114-69-48-39-30-24-18-21-27-36-45-54-93(108)117-90-65-59-84(60-66-90)96-104-77-81(78-105-96)51-42-33-15-12-9-6-3/h55-66,70-78H,4-54,67-69H2,1-3H3. The number of carbonyl (C=O) groups is 6. The summed E-state index contributed by atoms with van der Waals surface area (Å²) in [6.07, 6.45) is 63.8. The van der Waals surface area contributed by atoms with Crippen LogP contribution in [0.5, 0.6) is 17.2 Å². The molecule has 0 saturated carbocycles. The van der Waals surface area contributed by atoms with Crippen LogP contribution in [0.1, 0.15) is 377 Å². The Hall–Kier alpha value is -9.06.